The number of hydrogen-bond donors (Lipinski definition) is 1. The van der Waals surface area contributed by atoms with Crippen LogP contribution in [0, 0.1) is 0 Å². The molecular formula is C25H22ClNO6S. The van der Waals surface area contributed by atoms with Gasteiger partial charge in [0, 0.05) is 16.4 Å². The first kappa shape index (κ1) is 23.7. The maximum atomic E-state index is 13.2. The Kier molecular flexibility index (Phi) is 6.81. The number of halogens is 1. The Morgan fingerprint density at radius 3 is 2.35 bits per heavy atom. The van der Waals surface area contributed by atoms with Crippen molar-refractivity contribution in [3.63, 3.8) is 0 Å². The number of nitrogens with zero attached hydrogens (tertiary/aromatic N) is 1. The molecule has 0 radical (unpaired) electrons. The molecule has 0 aliphatic carbocycles. The van der Waals surface area contributed by atoms with Gasteiger partial charge in [-0.05, 0) is 47.3 Å². The lowest BCUT2D eigenvalue weighted by Crippen LogP contribution is -2.28. The monoisotopic (exact) mass is 499 g/mol. The zero-order valence-electron chi connectivity index (χ0n) is 18.7. The lowest BCUT2D eigenvalue weighted by molar-refractivity contribution is -0.140. The van der Waals surface area contributed by atoms with Crippen LogP contribution in [0.1, 0.15) is 22.0 Å². The molecule has 3 aromatic rings. The first-order valence-corrected chi connectivity index (χ1v) is 11.5. The number of aliphatic hydroxyl groups is 1. The number of likely N-dealkylation sites (tertiary alicyclic amines) is 1. The van der Waals surface area contributed by atoms with Gasteiger partial charge in [0.25, 0.3) is 11.7 Å². The molecule has 1 aliphatic rings. The van der Waals surface area contributed by atoms with E-state index in [-0.39, 0.29) is 23.4 Å². The summed E-state index contributed by atoms with van der Waals surface area (Å²) in [6, 6.07) is 12.9. The number of amides is 1. The second-order valence-electron chi connectivity index (χ2n) is 7.48. The molecule has 176 valence electrons. The number of hydrogen-bond acceptors (Lipinski definition) is 7. The molecule has 1 amide bonds. The van der Waals surface area contributed by atoms with Crippen LogP contribution in [0.3, 0.4) is 0 Å². The van der Waals surface area contributed by atoms with Crippen molar-refractivity contribution >= 4 is 40.4 Å². The van der Waals surface area contributed by atoms with Crippen LogP contribution >= 0.6 is 22.9 Å². The Labute approximate surface area is 205 Å². The average molecular weight is 500 g/mol. The molecule has 1 aliphatic heterocycles. The summed E-state index contributed by atoms with van der Waals surface area (Å²) in [5, 5.41) is 13.5. The van der Waals surface area contributed by atoms with Crippen molar-refractivity contribution in [1.29, 1.82) is 0 Å². The summed E-state index contributed by atoms with van der Waals surface area (Å²) in [6.07, 6.45) is 0. The van der Waals surface area contributed by atoms with Gasteiger partial charge in [-0.2, -0.15) is 0 Å². The highest BCUT2D eigenvalue weighted by Crippen LogP contribution is 2.43. The molecule has 7 nitrogen and oxygen atoms in total. The second kappa shape index (κ2) is 9.79. The fourth-order valence-corrected chi connectivity index (χ4v) is 4.99. The Morgan fingerprint density at radius 1 is 1.00 bits per heavy atom. The lowest BCUT2D eigenvalue weighted by atomic mass is 9.99. The molecule has 0 saturated carbocycles. The molecule has 2 heterocycles. The number of Topliss-reactive ketones (excluding diaryl/α,β-unsaturated/α-hetero) is 1. The molecule has 1 N–H and O–H groups in total. The number of benzene rings is 2. The van der Waals surface area contributed by atoms with Crippen LogP contribution in [-0.2, 0) is 16.1 Å². The molecule has 1 fully saturated rings. The molecule has 2 aromatic carbocycles. The standard InChI is InChI=1S/C25H22ClNO6S/c1-31-17-9-7-15(26)12-16(17)23(28)21-22(20-5-4-10-34-20)27(25(30)24(21)29)13-14-6-8-18(32-2)19(11-14)33-3/h4-12,22,28H,13H2,1-3H3/b23-21-. The highest BCUT2D eigenvalue weighted by molar-refractivity contribution is 7.10. The Morgan fingerprint density at radius 2 is 1.71 bits per heavy atom. The van der Waals surface area contributed by atoms with Crippen LogP contribution in [0.4, 0.5) is 0 Å². The summed E-state index contributed by atoms with van der Waals surface area (Å²) in [7, 11) is 4.52. The second-order valence-corrected chi connectivity index (χ2v) is 8.89. The van der Waals surface area contributed by atoms with Crippen molar-refractivity contribution in [2.45, 2.75) is 12.6 Å². The molecule has 4 rings (SSSR count). The van der Waals surface area contributed by atoms with Gasteiger partial charge < -0.3 is 24.2 Å². The highest BCUT2D eigenvalue weighted by Gasteiger charge is 2.46. The van der Waals surface area contributed by atoms with Gasteiger partial charge in [-0.15, -0.1) is 11.3 Å². The van der Waals surface area contributed by atoms with Crippen LogP contribution in [-0.4, -0.2) is 43.0 Å². The maximum Gasteiger partial charge on any atom is 0.295 e. The van der Waals surface area contributed by atoms with E-state index in [9.17, 15) is 14.7 Å². The smallest absolute Gasteiger partial charge is 0.295 e. The predicted molar refractivity (Wildman–Crippen MR) is 130 cm³/mol. The lowest BCUT2D eigenvalue weighted by Gasteiger charge is -2.24. The molecule has 34 heavy (non-hydrogen) atoms. The van der Waals surface area contributed by atoms with E-state index in [2.05, 4.69) is 0 Å². The minimum absolute atomic E-state index is 0.0199. The molecule has 9 heteroatoms. The Bertz CT molecular complexity index is 1270. The maximum absolute atomic E-state index is 13.2. The van der Waals surface area contributed by atoms with E-state index in [1.165, 1.54) is 43.6 Å². The van der Waals surface area contributed by atoms with Gasteiger partial charge in [0.2, 0.25) is 0 Å². The summed E-state index contributed by atoms with van der Waals surface area (Å²) < 4.78 is 16.0. The topological polar surface area (TPSA) is 85.3 Å². The highest BCUT2D eigenvalue weighted by atomic mass is 35.5. The van der Waals surface area contributed by atoms with Gasteiger partial charge in [0.05, 0.1) is 38.5 Å². The van der Waals surface area contributed by atoms with Crippen LogP contribution in [0.5, 0.6) is 17.2 Å². The first-order valence-electron chi connectivity index (χ1n) is 10.3. The number of ether oxygens (including phenoxy) is 3. The van der Waals surface area contributed by atoms with E-state index >= 15 is 0 Å². The number of thiophene rings is 1. The molecule has 1 aromatic heterocycles. The molecule has 1 unspecified atom stereocenters. The molecule has 0 spiro atoms. The van der Waals surface area contributed by atoms with Crippen molar-refractivity contribution in [2.75, 3.05) is 21.3 Å². The zero-order valence-corrected chi connectivity index (χ0v) is 20.3. The molecule has 0 bridgehead atoms. The van der Waals surface area contributed by atoms with Crippen molar-refractivity contribution in [1.82, 2.24) is 4.90 Å². The third-order valence-electron chi connectivity index (χ3n) is 5.57. The fraction of sp³-hybridized carbons (Fsp3) is 0.200. The zero-order chi connectivity index (χ0) is 24.4. The van der Waals surface area contributed by atoms with Crippen molar-refractivity contribution in [3.8, 4) is 17.2 Å². The van der Waals surface area contributed by atoms with E-state index in [0.29, 0.717) is 22.3 Å². The number of carbonyl (C=O) groups excluding carboxylic acids is 2. The molecule has 1 atom stereocenters. The van der Waals surface area contributed by atoms with E-state index in [1.54, 1.807) is 30.3 Å². The molecular weight excluding hydrogens is 478 g/mol. The predicted octanol–water partition coefficient (Wildman–Crippen LogP) is 5.05. The minimum Gasteiger partial charge on any atom is -0.507 e. The van der Waals surface area contributed by atoms with Gasteiger partial charge in [-0.1, -0.05) is 23.7 Å². The summed E-state index contributed by atoms with van der Waals surface area (Å²) >= 11 is 7.53. The Hall–Kier alpha value is -3.49. The first-order chi connectivity index (χ1) is 16.4. The van der Waals surface area contributed by atoms with E-state index in [0.717, 1.165) is 10.4 Å². The number of aliphatic hydroxyl groups excluding tert-OH is 1. The summed E-state index contributed by atoms with van der Waals surface area (Å²) in [4.78, 5) is 28.6. The number of carbonyl (C=O) groups is 2. The summed E-state index contributed by atoms with van der Waals surface area (Å²) in [5.74, 6) is -0.443. The van der Waals surface area contributed by atoms with Crippen molar-refractivity contribution < 1.29 is 28.9 Å². The largest absolute Gasteiger partial charge is 0.507 e. The van der Waals surface area contributed by atoms with Gasteiger partial charge in [0.15, 0.2) is 11.5 Å². The van der Waals surface area contributed by atoms with Gasteiger partial charge >= 0.3 is 0 Å². The third kappa shape index (κ3) is 4.22. The molecule has 1 saturated heterocycles. The summed E-state index contributed by atoms with van der Waals surface area (Å²) in [5.41, 5.74) is 0.954. The van der Waals surface area contributed by atoms with Crippen LogP contribution < -0.4 is 14.2 Å². The van der Waals surface area contributed by atoms with Crippen LogP contribution in [0.25, 0.3) is 5.76 Å². The third-order valence-corrected chi connectivity index (χ3v) is 6.73. The van der Waals surface area contributed by atoms with Gasteiger partial charge in [-0.3, -0.25) is 9.59 Å². The normalized spacial score (nSPS) is 17.2. The van der Waals surface area contributed by atoms with E-state index < -0.39 is 17.7 Å². The fourth-order valence-electron chi connectivity index (χ4n) is 3.97. The van der Waals surface area contributed by atoms with Gasteiger partial charge in [0.1, 0.15) is 11.5 Å². The summed E-state index contributed by atoms with van der Waals surface area (Å²) in [6.45, 7) is 0.122. The van der Waals surface area contributed by atoms with Crippen molar-refractivity contribution in [2.24, 2.45) is 0 Å². The van der Waals surface area contributed by atoms with Gasteiger partial charge in [-0.25, -0.2) is 0 Å². The Balaban J connectivity index is 1.84. The van der Waals surface area contributed by atoms with Crippen LogP contribution in [0.2, 0.25) is 5.02 Å². The SMILES string of the molecule is COc1ccc(CN2C(=O)C(=O)/C(=C(\O)c3cc(Cl)ccc3OC)C2c2cccs2)cc1OC. The van der Waals surface area contributed by atoms with Crippen molar-refractivity contribution in [3.05, 3.63) is 80.5 Å². The number of ketones is 1. The quantitative estimate of drug-likeness (QED) is 0.278. The number of methoxy groups -OCH3 is 3. The van der Waals surface area contributed by atoms with Crippen LogP contribution in [0.15, 0.2) is 59.5 Å². The van der Waals surface area contributed by atoms with E-state index in [4.69, 9.17) is 25.8 Å². The average Bonchev–Trinajstić information content (AvgIpc) is 3.46. The minimum atomic E-state index is -0.781. The van der Waals surface area contributed by atoms with E-state index in [1.807, 2.05) is 17.5 Å². The number of rotatable bonds is 7.